The van der Waals surface area contributed by atoms with Crippen LogP contribution in [0, 0.1) is 13.8 Å². The minimum atomic E-state index is 1.16. The summed E-state index contributed by atoms with van der Waals surface area (Å²) >= 11 is 0. The molecule has 2 aromatic heterocycles. The smallest absolute Gasteiger partial charge is 0.264 e. The molecule has 30 heavy (non-hydrogen) atoms. The van der Waals surface area contributed by atoms with Crippen LogP contribution in [0.4, 0.5) is 0 Å². The standard InChI is InChI=1S/C27H24N3/c1-19-17-22(21-9-5-4-6-10-21)13-14-24(19)30-26-12-8-7-11-25(26)29(3)27(30)23-15-16-28-18-20(23)2/h4-18H,1-3H3/q+1. The van der Waals surface area contributed by atoms with Gasteiger partial charge in [0.1, 0.15) is 5.69 Å². The quantitative estimate of drug-likeness (QED) is 0.357. The van der Waals surface area contributed by atoms with Crippen LogP contribution < -0.4 is 4.57 Å². The summed E-state index contributed by atoms with van der Waals surface area (Å²) in [6, 6.07) is 28.0. The molecule has 3 heteroatoms. The molecule has 5 rings (SSSR count). The van der Waals surface area contributed by atoms with Crippen molar-refractivity contribution in [2.75, 3.05) is 0 Å². The molecule has 0 unspecified atom stereocenters. The Morgan fingerprint density at radius 3 is 2.30 bits per heavy atom. The van der Waals surface area contributed by atoms with Gasteiger partial charge in [0.25, 0.3) is 5.82 Å². The lowest BCUT2D eigenvalue weighted by atomic mass is 10.0. The Morgan fingerprint density at radius 1 is 0.767 bits per heavy atom. The van der Waals surface area contributed by atoms with E-state index in [1.165, 1.54) is 39.0 Å². The van der Waals surface area contributed by atoms with E-state index in [9.17, 15) is 0 Å². The lowest BCUT2D eigenvalue weighted by Gasteiger charge is -2.10. The summed E-state index contributed by atoms with van der Waals surface area (Å²) in [6.07, 6.45) is 3.80. The Morgan fingerprint density at radius 2 is 1.53 bits per heavy atom. The van der Waals surface area contributed by atoms with Crippen LogP contribution in [0.2, 0.25) is 0 Å². The Balaban J connectivity index is 1.79. The van der Waals surface area contributed by atoms with Crippen molar-refractivity contribution in [3.05, 3.63) is 102 Å². The van der Waals surface area contributed by atoms with Gasteiger partial charge in [0.15, 0.2) is 11.0 Å². The van der Waals surface area contributed by atoms with E-state index in [0.717, 1.165) is 11.4 Å². The molecule has 2 heterocycles. The van der Waals surface area contributed by atoms with Gasteiger partial charge in [-0.3, -0.25) is 4.98 Å². The van der Waals surface area contributed by atoms with Gasteiger partial charge in [0.2, 0.25) is 0 Å². The van der Waals surface area contributed by atoms with E-state index in [4.69, 9.17) is 0 Å². The van der Waals surface area contributed by atoms with Gasteiger partial charge in [-0.25, -0.2) is 4.57 Å². The molecule has 0 atom stereocenters. The van der Waals surface area contributed by atoms with E-state index in [0.29, 0.717) is 0 Å². The van der Waals surface area contributed by atoms with Gasteiger partial charge in [-0.1, -0.05) is 48.5 Å². The molecule has 5 aromatic rings. The van der Waals surface area contributed by atoms with Crippen molar-refractivity contribution >= 4 is 11.0 Å². The number of hydrogen-bond donors (Lipinski definition) is 0. The summed E-state index contributed by atoms with van der Waals surface area (Å²) in [5.74, 6) is 1.16. The minimum absolute atomic E-state index is 1.16. The number of benzene rings is 3. The molecule has 0 aliphatic carbocycles. The van der Waals surface area contributed by atoms with Crippen molar-refractivity contribution in [3.63, 3.8) is 0 Å². The number of pyridine rings is 1. The third-order valence-electron chi connectivity index (χ3n) is 5.82. The zero-order valence-electron chi connectivity index (χ0n) is 17.5. The highest BCUT2D eigenvalue weighted by Crippen LogP contribution is 2.31. The fourth-order valence-electron chi connectivity index (χ4n) is 4.30. The van der Waals surface area contributed by atoms with E-state index < -0.39 is 0 Å². The van der Waals surface area contributed by atoms with E-state index in [2.05, 4.69) is 114 Å². The maximum Gasteiger partial charge on any atom is 0.295 e. The number of para-hydroxylation sites is 2. The Bertz CT molecular complexity index is 1360. The number of aromatic nitrogens is 3. The Kier molecular flexibility index (Phi) is 4.44. The van der Waals surface area contributed by atoms with Crippen molar-refractivity contribution in [3.8, 4) is 28.2 Å². The van der Waals surface area contributed by atoms with Crippen LogP contribution in [0.3, 0.4) is 0 Å². The normalized spacial score (nSPS) is 11.2. The fraction of sp³-hybridized carbons (Fsp3) is 0.111. The van der Waals surface area contributed by atoms with E-state index in [1.807, 2.05) is 12.4 Å². The molecule has 146 valence electrons. The predicted molar refractivity (Wildman–Crippen MR) is 123 cm³/mol. The number of rotatable bonds is 3. The fourth-order valence-corrected chi connectivity index (χ4v) is 4.30. The molecule has 0 amide bonds. The summed E-state index contributed by atoms with van der Waals surface area (Å²) < 4.78 is 4.66. The molecular weight excluding hydrogens is 366 g/mol. The van der Waals surface area contributed by atoms with Crippen LogP contribution in [0.1, 0.15) is 11.1 Å². The maximum absolute atomic E-state index is 4.30. The first-order valence-electron chi connectivity index (χ1n) is 10.2. The summed E-state index contributed by atoms with van der Waals surface area (Å²) in [6.45, 7) is 4.31. The average Bonchev–Trinajstić information content (AvgIpc) is 3.07. The predicted octanol–water partition coefficient (Wildman–Crippen LogP) is 5.80. The third-order valence-corrected chi connectivity index (χ3v) is 5.82. The van der Waals surface area contributed by atoms with Gasteiger partial charge in [0, 0.05) is 12.4 Å². The first kappa shape index (κ1) is 18.3. The van der Waals surface area contributed by atoms with Crippen molar-refractivity contribution in [2.45, 2.75) is 13.8 Å². The highest BCUT2D eigenvalue weighted by atomic mass is 15.2. The van der Waals surface area contributed by atoms with Crippen molar-refractivity contribution in [1.82, 2.24) is 9.55 Å². The Labute approximate surface area is 176 Å². The molecule has 3 nitrogen and oxygen atoms in total. The monoisotopic (exact) mass is 390 g/mol. The molecule has 0 bridgehead atoms. The summed E-state index contributed by atoms with van der Waals surface area (Å²) in [4.78, 5) is 4.30. The molecule has 0 saturated heterocycles. The SMILES string of the molecule is Cc1cnccc1-c1n(-c2ccc(-c3ccccc3)cc2C)c2ccccc2[n+]1C. The summed E-state index contributed by atoms with van der Waals surface area (Å²) in [5, 5.41) is 0. The first-order valence-corrected chi connectivity index (χ1v) is 10.2. The van der Waals surface area contributed by atoms with E-state index >= 15 is 0 Å². The first-order chi connectivity index (χ1) is 14.6. The van der Waals surface area contributed by atoms with Gasteiger partial charge in [0.05, 0.1) is 12.6 Å². The van der Waals surface area contributed by atoms with Gasteiger partial charge in [-0.15, -0.1) is 0 Å². The zero-order valence-corrected chi connectivity index (χ0v) is 17.5. The number of aryl methyl sites for hydroxylation is 3. The lowest BCUT2D eigenvalue weighted by molar-refractivity contribution is -0.633. The van der Waals surface area contributed by atoms with Crippen molar-refractivity contribution < 1.29 is 4.57 Å². The topological polar surface area (TPSA) is 21.7 Å². The van der Waals surface area contributed by atoms with Crippen LogP contribution in [-0.2, 0) is 7.05 Å². The second kappa shape index (κ2) is 7.27. The largest absolute Gasteiger partial charge is 0.295 e. The molecule has 0 radical (unpaired) electrons. The van der Waals surface area contributed by atoms with Crippen molar-refractivity contribution in [1.29, 1.82) is 0 Å². The highest BCUT2D eigenvalue weighted by Gasteiger charge is 2.27. The van der Waals surface area contributed by atoms with E-state index in [-0.39, 0.29) is 0 Å². The third kappa shape index (κ3) is 2.91. The summed E-state index contributed by atoms with van der Waals surface area (Å²) in [5.41, 5.74) is 9.66. The molecular formula is C27H24N3+. The lowest BCUT2D eigenvalue weighted by Crippen LogP contribution is -2.30. The average molecular weight is 391 g/mol. The van der Waals surface area contributed by atoms with Crippen LogP contribution in [0.25, 0.3) is 39.2 Å². The number of imidazole rings is 1. The molecule has 0 aliphatic rings. The summed E-state index contributed by atoms with van der Waals surface area (Å²) in [7, 11) is 2.14. The van der Waals surface area contributed by atoms with Crippen molar-refractivity contribution in [2.24, 2.45) is 7.05 Å². The number of fused-ring (bicyclic) bond motifs is 1. The number of hydrogen-bond acceptors (Lipinski definition) is 1. The van der Waals surface area contributed by atoms with Crippen LogP contribution >= 0.6 is 0 Å². The van der Waals surface area contributed by atoms with Gasteiger partial charge < -0.3 is 0 Å². The van der Waals surface area contributed by atoms with Gasteiger partial charge in [-0.2, -0.15) is 4.57 Å². The van der Waals surface area contributed by atoms with Crippen LogP contribution in [-0.4, -0.2) is 9.55 Å². The number of nitrogens with zero attached hydrogens (tertiary/aromatic N) is 3. The second-order valence-corrected chi connectivity index (χ2v) is 7.76. The highest BCUT2D eigenvalue weighted by molar-refractivity contribution is 5.80. The molecule has 0 fully saturated rings. The molecule has 3 aromatic carbocycles. The maximum atomic E-state index is 4.30. The zero-order chi connectivity index (χ0) is 20.7. The van der Waals surface area contributed by atoms with Gasteiger partial charge in [-0.05, 0) is 66.4 Å². The molecule has 0 aliphatic heterocycles. The van der Waals surface area contributed by atoms with Gasteiger partial charge >= 0.3 is 0 Å². The van der Waals surface area contributed by atoms with Crippen LogP contribution in [0.5, 0.6) is 0 Å². The minimum Gasteiger partial charge on any atom is -0.264 e. The molecule has 0 spiro atoms. The second-order valence-electron chi connectivity index (χ2n) is 7.76. The van der Waals surface area contributed by atoms with Crippen LogP contribution in [0.15, 0.2) is 91.3 Å². The Hall–Kier alpha value is -3.72. The molecule has 0 saturated carbocycles. The molecule has 0 N–H and O–H groups in total. The van der Waals surface area contributed by atoms with E-state index in [1.54, 1.807) is 0 Å².